The van der Waals surface area contributed by atoms with Gasteiger partial charge in [0, 0.05) is 12.3 Å². The molecule has 3 aromatic rings. The van der Waals surface area contributed by atoms with Crippen molar-refractivity contribution in [2.45, 2.75) is 110 Å². The van der Waals surface area contributed by atoms with Crippen LogP contribution in [0.25, 0.3) is 0 Å². The molecule has 1 N–H and O–H groups in total. The van der Waals surface area contributed by atoms with Crippen LogP contribution >= 0.6 is 0 Å². The molecule has 1 atom stereocenters. The summed E-state index contributed by atoms with van der Waals surface area (Å²) in [5.41, 5.74) is 0.851. The van der Waals surface area contributed by atoms with Crippen molar-refractivity contribution < 1.29 is 27.9 Å². The Kier molecular flexibility index (Phi) is 11.7. The predicted octanol–water partition coefficient (Wildman–Crippen LogP) is 9.12. The molecule has 4 rings (SSSR count). The minimum absolute atomic E-state index is 0.0295. The van der Waals surface area contributed by atoms with Crippen LogP contribution in [0, 0.1) is 0 Å². The van der Waals surface area contributed by atoms with E-state index in [-0.39, 0.29) is 33.3 Å². The Bertz CT molecular complexity index is 1680. The molecule has 0 bridgehead atoms. The monoisotopic (exact) mass is 730 g/mol. The molecule has 2 amide bonds. The fourth-order valence-corrected chi connectivity index (χ4v) is 11.7. The summed E-state index contributed by atoms with van der Waals surface area (Å²) in [6.07, 6.45) is 1.91. The van der Waals surface area contributed by atoms with Crippen LogP contribution in [0.1, 0.15) is 86.0 Å². The van der Waals surface area contributed by atoms with Gasteiger partial charge < -0.3 is 23.2 Å². The number of rotatable bonds is 10. The highest BCUT2D eigenvalue weighted by atomic mass is 28.4. The topological polar surface area (TPSA) is 86.3 Å². The third kappa shape index (κ3) is 8.96. The largest absolute Gasteiger partial charge is 0.531 e. The van der Waals surface area contributed by atoms with Crippen LogP contribution in [-0.2, 0) is 9.16 Å². The molecule has 0 aromatic heterocycles. The highest BCUT2D eigenvalue weighted by molar-refractivity contribution is 7.00. The lowest BCUT2D eigenvalue weighted by Crippen LogP contribution is -2.68. The van der Waals surface area contributed by atoms with Gasteiger partial charge in [-0.2, -0.15) is 0 Å². The summed E-state index contributed by atoms with van der Waals surface area (Å²) in [6.45, 7) is 25.5. The molecule has 0 unspecified atom stereocenters. The molecule has 3 aromatic carbocycles. The fourth-order valence-electron chi connectivity index (χ4n) is 6.20. The molecule has 276 valence electrons. The molecule has 1 aliphatic rings. The van der Waals surface area contributed by atoms with Crippen LogP contribution in [0.15, 0.2) is 84.6 Å². The number of amides is 2. The van der Waals surface area contributed by atoms with Gasteiger partial charge in [0.05, 0.1) is 31.0 Å². The van der Waals surface area contributed by atoms with E-state index in [1.165, 1.54) is 0 Å². The predicted molar refractivity (Wildman–Crippen MR) is 213 cm³/mol. The van der Waals surface area contributed by atoms with Gasteiger partial charge in [-0.05, 0) is 73.7 Å². The van der Waals surface area contributed by atoms with Crippen LogP contribution in [0.3, 0.4) is 0 Å². The second-order valence-electron chi connectivity index (χ2n) is 17.1. The van der Waals surface area contributed by atoms with Crippen molar-refractivity contribution in [1.29, 1.82) is 0 Å². The molecule has 1 aliphatic heterocycles. The summed E-state index contributed by atoms with van der Waals surface area (Å²) in [4.78, 5) is 29.7. The van der Waals surface area contributed by atoms with E-state index >= 15 is 0 Å². The number of nitrogens with one attached hydrogen (secondary N) is 1. The van der Waals surface area contributed by atoms with Gasteiger partial charge in [-0.15, -0.1) is 0 Å². The number of methoxy groups -OCH3 is 1. The molecule has 10 heteroatoms. The van der Waals surface area contributed by atoms with Gasteiger partial charge in [0.2, 0.25) is 0 Å². The third-order valence-electron chi connectivity index (χ3n) is 9.84. The zero-order valence-corrected chi connectivity index (χ0v) is 34.9. The minimum atomic E-state index is -3.11. The third-order valence-corrected chi connectivity index (χ3v) is 19.3. The Morgan fingerprint density at radius 3 is 1.84 bits per heavy atom. The smallest absolute Gasteiger partial charge is 0.412 e. The van der Waals surface area contributed by atoms with Crippen molar-refractivity contribution in [3.63, 3.8) is 0 Å². The molecule has 51 heavy (non-hydrogen) atoms. The summed E-state index contributed by atoms with van der Waals surface area (Å²) in [7, 11) is -3.62. The van der Waals surface area contributed by atoms with Crippen LogP contribution in [-0.4, -0.2) is 58.9 Å². The molecule has 0 saturated carbocycles. The Morgan fingerprint density at radius 2 is 1.37 bits per heavy atom. The number of hydrogen-bond donors (Lipinski definition) is 1. The Balaban J connectivity index is 1.88. The molecule has 8 nitrogen and oxygen atoms in total. The maximum absolute atomic E-state index is 14.6. The van der Waals surface area contributed by atoms with Crippen LogP contribution in [0.5, 0.6) is 11.5 Å². The zero-order chi connectivity index (χ0) is 38.0. The lowest BCUT2D eigenvalue weighted by atomic mass is 10.1. The lowest BCUT2D eigenvalue weighted by Gasteiger charge is -2.43. The van der Waals surface area contributed by atoms with Crippen molar-refractivity contribution >= 4 is 44.7 Å². The number of carbonyl (C=O) groups is 2. The second-order valence-corrected chi connectivity index (χ2v) is 26.1. The molecule has 0 spiro atoms. The fraction of sp³-hybridized carbons (Fsp3) is 0.463. The molecule has 0 radical (unpaired) electrons. The Hall–Kier alpha value is -3.87. The Morgan fingerprint density at radius 1 is 0.824 bits per heavy atom. The normalized spacial score (nSPS) is 15.7. The van der Waals surface area contributed by atoms with Crippen LogP contribution < -0.4 is 24.9 Å². The zero-order valence-electron chi connectivity index (χ0n) is 32.9. The van der Waals surface area contributed by atoms with Gasteiger partial charge in [-0.25, -0.2) is 4.79 Å². The highest BCUT2D eigenvalue weighted by Crippen LogP contribution is 2.43. The maximum atomic E-state index is 14.6. The molecular weight excluding hydrogens is 673 g/mol. The van der Waals surface area contributed by atoms with Crippen molar-refractivity contribution in [3.05, 3.63) is 90.1 Å². The van der Waals surface area contributed by atoms with E-state index in [9.17, 15) is 9.59 Å². The average Bonchev–Trinajstić information content (AvgIpc) is 3.41. The van der Waals surface area contributed by atoms with E-state index in [4.69, 9.17) is 18.3 Å². The summed E-state index contributed by atoms with van der Waals surface area (Å²) in [5.74, 6) is 0.521. The average molecular weight is 731 g/mol. The van der Waals surface area contributed by atoms with Crippen molar-refractivity contribution in [3.8, 4) is 11.5 Å². The molecular formula is C41H58N2O6Si2. The van der Waals surface area contributed by atoms with E-state index < -0.39 is 28.3 Å². The van der Waals surface area contributed by atoms with Gasteiger partial charge in [0.1, 0.15) is 11.4 Å². The molecule has 0 saturated heterocycles. The van der Waals surface area contributed by atoms with E-state index in [0.717, 1.165) is 15.9 Å². The number of hydrogen-bond acceptors (Lipinski definition) is 6. The van der Waals surface area contributed by atoms with Crippen molar-refractivity contribution in [2.24, 2.45) is 0 Å². The van der Waals surface area contributed by atoms with Gasteiger partial charge in [-0.3, -0.25) is 10.1 Å². The first-order valence-corrected chi connectivity index (χ1v) is 22.6. The second kappa shape index (κ2) is 15.0. The quantitative estimate of drug-likeness (QED) is 0.210. The van der Waals surface area contributed by atoms with E-state index in [1.54, 1.807) is 44.9 Å². The summed E-state index contributed by atoms with van der Waals surface area (Å²) in [6, 6.07) is 23.8. The van der Waals surface area contributed by atoms with Crippen molar-refractivity contribution in [1.82, 2.24) is 4.90 Å². The first-order chi connectivity index (χ1) is 23.6. The molecule has 0 fully saturated rings. The molecule has 1 heterocycles. The number of carbonyl (C=O) groups excluding carboxylic acids is 2. The van der Waals surface area contributed by atoms with Crippen LogP contribution in [0.2, 0.25) is 23.2 Å². The van der Waals surface area contributed by atoms with E-state index in [2.05, 4.69) is 84.2 Å². The molecule has 0 aliphatic carbocycles. The standard InChI is InChI=1S/C41H58N2O6Si2/c1-29-24-30(28-47-50(12,13)40(5,6)7)43(27-29)37(44)33-25-35(46-11)36(26-34(33)42-38(45)48-39(2,3)4)49-51(41(8,9)10,31-20-16-14-17-21-31)32-22-18-15-19-23-32/h14-23,25-27,30H,24,28H2,1-13H3,(H,42,45)/t30-/m0/s1. The van der Waals surface area contributed by atoms with Gasteiger partial charge in [0.25, 0.3) is 5.91 Å². The number of benzene rings is 3. The van der Waals surface area contributed by atoms with Gasteiger partial charge in [-0.1, -0.05) is 108 Å². The van der Waals surface area contributed by atoms with Gasteiger partial charge >= 0.3 is 14.4 Å². The van der Waals surface area contributed by atoms with Crippen molar-refractivity contribution in [2.75, 3.05) is 19.0 Å². The van der Waals surface area contributed by atoms with E-state index in [0.29, 0.717) is 24.5 Å². The summed E-state index contributed by atoms with van der Waals surface area (Å²) >= 11 is 0. The van der Waals surface area contributed by atoms with Gasteiger partial charge in [0.15, 0.2) is 14.1 Å². The lowest BCUT2D eigenvalue weighted by molar-refractivity contribution is 0.0636. The number of ether oxygens (including phenoxy) is 2. The number of nitrogens with zero attached hydrogens (tertiary/aromatic N) is 1. The van der Waals surface area contributed by atoms with Crippen LogP contribution in [0.4, 0.5) is 10.5 Å². The first-order valence-electron chi connectivity index (χ1n) is 17.8. The maximum Gasteiger partial charge on any atom is 0.412 e. The minimum Gasteiger partial charge on any atom is -0.531 e. The first kappa shape index (κ1) is 39.9. The summed E-state index contributed by atoms with van der Waals surface area (Å²) < 4.78 is 25.6. The summed E-state index contributed by atoms with van der Waals surface area (Å²) in [5, 5.41) is 4.74. The SMILES string of the molecule is COc1cc(C(=O)N2C=C(C)C[C@H]2CO[Si](C)(C)C(C)(C)C)c(NC(=O)OC(C)(C)C)cc1O[Si](c1ccccc1)(c1ccccc1)C(C)(C)C. The van der Waals surface area contributed by atoms with E-state index in [1.807, 2.05) is 49.5 Å². The Labute approximate surface area is 307 Å². The number of anilines is 1. The highest BCUT2D eigenvalue weighted by Gasteiger charge is 2.52.